The molecule has 0 radical (unpaired) electrons. The minimum absolute atomic E-state index is 0.0158. The molecule has 8 rings (SSSR count). The number of aliphatic hydroxyl groups is 12. The van der Waals surface area contributed by atoms with Crippen LogP contribution in [0.5, 0.6) is 0 Å². The lowest BCUT2D eigenvalue weighted by molar-refractivity contribution is -0.400. The van der Waals surface area contributed by atoms with Crippen molar-refractivity contribution in [3.63, 3.8) is 0 Å². The van der Waals surface area contributed by atoms with Gasteiger partial charge in [-0.1, -0.05) is 39.3 Å². The van der Waals surface area contributed by atoms with Crippen LogP contribution in [0.2, 0.25) is 0 Å². The van der Waals surface area contributed by atoms with Gasteiger partial charge in [0, 0.05) is 18.9 Å². The molecule has 4 aliphatic carbocycles. The van der Waals surface area contributed by atoms with Crippen molar-refractivity contribution in [1.29, 1.82) is 0 Å². The normalized spacial score (nSPS) is 55.0. The first kappa shape index (κ1) is 48.4. The molecule has 4 aliphatic heterocycles. The number of ether oxygens (including phenoxy) is 7. The van der Waals surface area contributed by atoms with Crippen LogP contribution in [0.25, 0.3) is 0 Å². The minimum atomic E-state index is -1.98. The molecule has 0 aromatic rings. The summed E-state index contributed by atoms with van der Waals surface area (Å²) in [5, 5.41) is 127. The van der Waals surface area contributed by atoms with Gasteiger partial charge in [-0.3, -0.25) is 0 Å². The Morgan fingerprint density at radius 3 is 2.06 bits per heavy atom. The third-order valence-electron chi connectivity index (χ3n) is 17.2. The number of hydrogen-bond donors (Lipinski definition) is 12. The third kappa shape index (κ3) is 8.39. The maximum Gasteiger partial charge on any atom is 0.189 e. The van der Waals surface area contributed by atoms with E-state index in [2.05, 4.69) is 26.8 Å². The van der Waals surface area contributed by atoms with Gasteiger partial charge in [0.1, 0.15) is 67.1 Å². The van der Waals surface area contributed by atoms with E-state index in [0.29, 0.717) is 43.4 Å². The molecule has 0 amide bonds. The van der Waals surface area contributed by atoms with Crippen molar-refractivity contribution in [2.45, 2.75) is 196 Å². The first-order valence-corrected chi connectivity index (χ1v) is 23.1. The highest BCUT2D eigenvalue weighted by Gasteiger charge is 2.68. The fraction of sp³-hybridized carbons (Fsp3) is 0.955. The SMILES string of the molecule is C[C@@H](CO)CCC1(O)OC2C[C@H]3[C@@H]4CC=C5CC(O[C@@H]6OC(CO)[C@@H](O[C@@H]7OC(CO)[C@@H](O)C(O)C7O)C(O)C6O[C@@H]6OC(O)[C@H](O)C(O)C6O)CC[C@]5(C)[C@H]4CC[C@]3(C)[C@@H]2[C@@H]1C. The lowest BCUT2D eigenvalue weighted by Crippen LogP contribution is -2.67. The minimum Gasteiger partial charge on any atom is -0.396 e. The number of fused-ring (bicyclic) bond motifs is 7. The predicted octanol–water partition coefficient (Wildman–Crippen LogP) is -1.90. The lowest BCUT2D eigenvalue weighted by Gasteiger charge is -2.58. The molecule has 12 N–H and O–H groups in total. The van der Waals surface area contributed by atoms with Crippen LogP contribution in [-0.2, 0) is 33.2 Å². The molecule has 0 spiro atoms. The summed E-state index contributed by atoms with van der Waals surface area (Å²) in [7, 11) is 0. The van der Waals surface area contributed by atoms with Gasteiger partial charge in [0.05, 0.1) is 25.4 Å². The predicted molar refractivity (Wildman–Crippen MR) is 214 cm³/mol. The molecule has 0 aromatic carbocycles. The summed E-state index contributed by atoms with van der Waals surface area (Å²) in [5.41, 5.74) is 1.15. The topological polar surface area (TPSA) is 307 Å². The Labute approximate surface area is 367 Å². The van der Waals surface area contributed by atoms with Gasteiger partial charge in [-0.05, 0) is 91.8 Å². The van der Waals surface area contributed by atoms with Crippen LogP contribution in [0.1, 0.15) is 85.5 Å². The van der Waals surface area contributed by atoms with Crippen molar-refractivity contribution in [2.24, 2.45) is 46.3 Å². The molecule has 7 fully saturated rings. The molecule has 0 aromatic heterocycles. The summed E-state index contributed by atoms with van der Waals surface area (Å²) < 4.78 is 42.1. The number of aliphatic hydroxyl groups excluding tert-OH is 11. The van der Waals surface area contributed by atoms with E-state index in [9.17, 15) is 61.3 Å². The van der Waals surface area contributed by atoms with Crippen LogP contribution in [0.15, 0.2) is 11.6 Å². The van der Waals surface area contributed by atoms with Crippen LogP contribution in [0.3, 0.4) is 0 Å². The highest BCUT2D eigenvalue weighted by atomic mass is 16.8. The van der Waals surface area contributed by atoms with E-state index in [-0.39, 0.29) is 41.3 Å². The molecule has 26 atom stereocenters. The fourth-order valence-corrected chi connectivity index (χ4v) is 13.4. The van der Waals surface area contributed by atoms with Crippen molar-refractivity contribution in [3.8, 4) is 0 Å². The Morgan fingerprint density at radius 2 is 1.38 bits per heavy atom. The van der Waals surface area contributed by atoms with E-state index in [1.165, 1.54) is 5.57 Å². The van der Waals surface area contributed by atoms with E-state index >= 15 is 0 Å². The van der Waals surface area contributed by atoms with Gasteiger partial charge < -0.3 is 94.4 Å². The Balaban J connectivity index is 0.984. The molecule has 0 bridgehead atoms. The average molecular weight is 905 g/mol. The van der Waals surface area contributed by atoms with E-state index in [1.807, 2.05) is 6.92 Å². The molecule has 63 heavy (non-hydrogen) atoms. The van der Waals surface area contributed by atoms with Crippen molar-refractivity contribution in [1.82, 2.24) is 0 Å². The van der Waals surface area contributed by atoms with Gasteiger partial charge in [0.15, 0.2) is 30.9 Å². The monoisotopic (exact) mass is 904 g/mol. The van der Waals surface area contributed by atoms with Crippen LogP contribution in [0.4, 0.5) is 0 Å². The molecule has 3 saturated carbocycles. The van der Waals surface area contributed by atoms with E-state index in [1.54, 1.807) is 0 Å². The Kier molecular flexibility index (Phi) is 14.2. The first-order chi connectivity index (χ1) is 29.8. The summed E-state index contributed by atoms with van der Waals surface area (Å²) in [5.74, 6) is 0.385. The van der Waals surface area contributed by atoms with E-state index < -0.39 is 117 Å². The summed E-state index contributed by atoms with van der Waals surface area (Å²) in [6.07, 6.45) is -17.0. The summed E-state index contributed by atoms with van der Waals surface area (Å²) in [6, 6.07) is 0. The quantitative estimate of drug-likeness (QED) is 0.0952. The Hall–Kier alpha value is -1.02. The van der Waals surface area contributed by atoms with Gasteiger partial charge in [-0.25, -0.2) is 0 Å². The van der Waals surface area contributed by atoms with Gasteiger partial charge >= 0.3 is 0 Å². The highest BCUT2D eigenvalue weighted by molar-refractivity contribution is 5.26. The second-order valence-corrected chi connectivity index (χ2v) is 20.7. The zero-order valence-electron chi connectivity index (χ0n) is 36.6. The van der Waals surface area contributed by atoms with Gasteiger partial charge in [0.2, 0.25) is 0 Å². The zero-order chi connectivity index (χ0) is 45.5. The molecule has 362 valence electrons. The Bertz CT molecular complexity index is 1610. The molecule has 12 unspecified atom stereocenters. The van der Waals surface area contributed by atoms with Gasteiger partial charge in [-0.2, -0.15) is 0 Å². The largest absolute Gasteiger partial charge is 0.396 e. The smallest absolute Gasteiger partial charge is 0.189 e. The number of rotatable bonds is 12. The standard InChI is InChI=1S/C44H72O19/c1-18(15-45)7-12-44(56)19(2)28-25(63-44)14-24-22-6-5-20-13-21(8-10-42(20,3)23(22)9-11-43(24,28)4)57-41-37(61-40-34(53)31(50)32(51)38(55)62-40)35(54)36(27(17-47)59-41)60-39-33(52)30(49)29(48)26(16-46)58-39/h5,18-19,21-41,45-56H,6-17H2,1-4H3/t18-,19+,21?,22-,23+,24+,25?,26?,27?,28-,29-,30?,31?,32-,33?,34?,35?,36-,37?,38?,39+,40-,41-,42+,43+,44?/m1/s1. The molecule has 4 saturated heterocycles. The van der Waals surface area contributed by atoms with Gasteiger partial charge in [-0.15, -0.1) is 0 Å². The number of allylic oxidation sites excluding steroid dienone is 1. The van der Waals surface area contributed by atoms with E-state index in [0.717, 1.165) is 32.1 Å². The van der Waals surface area contributed by atoms with E-state index in [4.69, 9.17) is 33.2 Å². The second-order valence-electron chi connectivity index (χ2n) is 20.7. The lowest BCUT2D eigenvalue weighted by atomic mass is 9.47. The van der Waals surface area contributed by atoms with Crippen molar-refractivity contribution >= 4 is 0 Å². The summed E-state index contributed by atoms with van der Waals surface area (Å²) >= 11 is 0. The van der Waals surface area contributed by atoms with Crippen molar-refractivity contribution < 1.29 is 94.4 Å². The molecule has 19 nitrogen and oxygen atoms in total. The zero-order valence-corrected chi connectivity index (χ0v) is 36.6. The van der Waals surface area contributed by atoms with Crippen LogP contribution in [0, 0.1) is 46.3 Å². The van der Waals surface area contributed by atoms with Crippen LogP contribution < -0.4 is 0 Å². The molecular weight excluding hydrogens is 832 g/mol. The third-order valence-corrected chi connectivity index (χ3v) is 17.2. The maximum atomic E-state index is 11.9. The molecule has 8 aliphatic rings. The Morgan fingerprint density at radius 1 is 0.730 bits per heavy atom. The van der Waals surface area contributed by atoms with Crippen LogP contribution >= 0.6 is 0 Å². The maximum absolute atomic E-state index is 11.9. The highest BCUT2D eigenvalue weighted by Crippen LogP contribution is 2.70. The fourth-order valence-electron chi connectivity index (χ4n) is 13.4. The summed E-state index contributed by atoms with van der Waals surface area (Å²) in [6.45, 7) is 7.45. The van der Waals surface area contributed by atoms with Crippen molar-refractivity contribution in [3.05, 3.63) is 11.6 Å². The van der Waals surface area contributed by atoms with Gasteiger partial charge in [0.25, 0.3) is 0 Å². The van der Waals surface area contributed by atoms with Crippen molar-refractivity contribution in [2.75, 3.05) is 19.8 Å². The second kappa shape index (κ2) is 18.5. The average Bonchev–Trinajstić information content (AvgIpc) is 3.70. The van der Waals surface area contributed by atoms with Crippen LogP contribution in [-0.4, -0.2) is 191 Å². The summed E-state index contributed by atoms with van der Waals surface area (Å²) in [4.78, 5) is 0. The molecular formula is C44H72O19. The number of hydrogen-bond acceptors (Lipinski definition) is 19. The first-order valence-electron chi connectivity index (χ1n) is 23.1. The molecule has 4 heterocycles. The molecule has 19 heteroatoms.